The second kappa shape index (κ2) is 8.71. The molecule has 0 aliphatic rings. The summed E-state index contributed by atoms with van der Waals surface area (Å²) in [5.74, 6) is 0. The van der Waals surface area contributed by atoms with Crippen LogP contribution in [0.1, 0.15) is 31.9 Å². The largest absolute Gasteiger partial charge is 0.387 e. The molecular formula is C15H25N3O3. The molecule has 0 radical (unpaired) electrons. The van der Waals surface area contributed by atoms with Crippen molar-refractivity contribution in [3.63, 3.8) is 0 Å². The standard InChI is InChI=1S/C15H25N3O3/c1-12(2)17(3)10-4-9-16-11-15(19)13-5-7-14(8-6-13)18(20)21/h5-8,12,15-16,19H,4,9-11H2,1-3H3. The lowest BCUT2D eigenvalue weighted by Gasteiger charge is -2.21. The summed E-state index contributed by atoms with van der Waals surface area (Å²) in [6, 6.07) is 6.55. The summed E-state index contributed by atoms with van der Waals surface area (Å²) in [5, 5.41) is 23.8. The van der Waals surface area contributed by atoms with E-state index in [2.05, 4.69) is 31.1 Å². The van der Waals surface area contributed by atoms with Crippen molar-refractivity contribution in [2.45, 2.75) is 32.4 Å². The summed E-state index contributed by atoms with van der Waals surface area (Å²) in [4.78, 5) is 12.4. The van der Waals surface area contributed by atoms with Gasteiger partial charge in [-0.25, -0.2) is 0 Å². The molecule has 0 saturated heterocycles. The molecule has 0 aromatic heterocycles. The molecule has 0 bridgehead atoms. The Bertz CT molecular complexity index is 434. The van der Waals surface area contributed by atoms with Gasteiger partial charge < -0.3 is 15.3 Å². The number of benzene rings is 1. The van der Waals surface area contributed by atoms with Crippen LogP contribution in [0.2, 0.25) is 0 Å². The zero-order valence-electron chi connectivity index (χ0n) is 13.0. The van der Waals surface area contributed by atoms with Crippen molar-refractivity contribution in [3.05, 3.63) is 39.9 Å². The second-order valence-corrected chi connectivity index (χ2v) is 5.50. The Morgan fingerprint density at radius 2 is 1.95 bits per heavy atom. The van der Waals surface area contributed by atoms with E-state index in [1.807, 2.05) is 0 Å². The van der Waals surface area contributed by atoms with Crippen LogP contribution in [0.3, 0.4) is 0 Å². The molecule has 0 fully saturated rings. The molecule has 6 heteroatoms. The number of nitro benzene ring substituents is 1. The number of hydrogen-bond acceptors (Lipinski definition) is 5. The zero-order valence-corrected chi connectivity index (χ0v) is 13.0. The van der Waals surface area contributed by atoms with Crippen LogP contribution in [-0.2, 0) is 0 Å². The van der Waals surface area contributed by atoms with Gasteiger partial charge in [0.2, 0.25) is 0 Å². The van der Waals surface area contributed by atoms with Crippen molar-refractivity contribution in [2.75, 3.05) is 26.7 Å². The average Bonchev–Trinajstić information content (AvgIpc) is 2.46. The van der Waals surface area contributed by atoms with Crippen LogP contribution in [-0.4, -0.2) is 47.7 Å². The molecule has 1 aromatic carbocycles. The molecule has 0 saturated carbocycles. The molecule has 0 aliphatic heterocycles. The Labute approximate surface area is 125 Å². The van der Waals surface area contributed by atoms with E-state index in [-0.39, 0.29) is 5.69 Å². The Hall–Kier alpha value is -1.50. The van der Waals surface area contributed by atoms with Crippen LogP contribution in [0.25, 0.3) is 0 Å². The fourth-order valence-electron chi connectivity index (χ4n) is 1.89. The SMILES string of the molecule is CC(C)N(C)CCCNCC(O)c1ccc([N+](=O)[O-])cc1. The van der Waals surface area contributed by atoms with Gasteiger partial charge in [0.1, 0.15) is 0 Å². The molecule has 0 spiro atoms. The molecule has 1 atom stereocenters. The number of nitrogens with one attached hydrogen (secondary N) is 1. The maximum Gasteiger partial charge on any atom is 0.269 e. The number of nitro groups is 1. The van der Waals surface area contributed by atoms with Crippen LogP contribution in [0.15, 0.2) is 24.3 Å². The predicted octanol–water partition coefficient (Wildman–Crippen LogP) is 1.95. The first-order chi connectivity index (χ1) is 9.91. The zero-order chi connectivity index (χ0) is 15.8. The van der Waals surface area contributed by atoms with E-state index in [9.17, 15) is 15.2 Å². The van der Waals surface area contributed by atoms with Gasteiger partial charge in [-0.05, 0) is 58.1 Å². The van der Waals surface area contributed by atoms with E-state index in [0.29, 0.717) is 18.2 Å². The molecular weight excluding hydrogens is 270 g/mol. The maximum atomic E-state index is 10.6. The highest BCUT2D eigenvalue weighted by Crippen LogP contribution is 2.17. The molecule has 21 heavy (non-hydrogen) atoms. The first kappa shape index (κ1) is 17.6. The van der Waals surface area contributed by atoms with Crippen LogP contribution < -0.4 is 5.32 Å². The highest BCUT2D eigenvalue weighted by molar-refractivity contribution is 5.33. The van der Waals surface area contributed by atoms with Crippen molar-refractivity contribution < 1.29 is 10.0 Å². The van der Waals surface area contributed by atoms with Gasteiger partial charge in [0.25, 0.3) is 5.69 Å². The van der Waals surface area contributed by atoms with Gasteiger partial charge in [0.05, 0.1) is 11.0 Å². The molecule has 0 amide bonds. The van der Waals surface area contributed by atoms with Crippen LogP contribution in [0, 0.1) is 10.1 Å². The van der Waals surface area contributed by atoms with Crippen LogP contribution >= 0.6 is 0 Å². The van der Waals surface area contributed by atoms with Crippen molar-refractivity contribution >= 4 is 5.69 Å². The lowest BCUT2D eigenvalue weighted by molar-refractivity contribution is -0.384. The number of aliphatic hydroxyl groups is 1. The van der Waals surface area contributed by atoms with Crippen LogP contribution in [0.4, 0.5) is 5.69 Å². The predicted molar refractivity (Wildman–Crippen MR) is 83.3 cm³/mol. The number of aliphatic hydroxyl groups excluding tert-OH is 1. The van der Waals surface area contributed by atoms with Crippen molar-refractivity contribution in [1.82, 2.24) is 10.2 Å². The molecule has 118 valence electrons. The summed E-state index contributed by atoms with van der Waals surface area (Å²) in [6.45, 7) is 6.61. The van der Waals surface area contributed by atoms with Crippen molar-refractivity contribution in [2.24, 2.45) is 0 Å². The third kappa shape index (κ3) is 6.20. The number of hydrogen-bond donors (Lipinski definition) is 2. The topological polar surface area (TPSA) is 78.6 Å². The third-order valence-corrected chi connectivity index (χ3v) is 3.57. The smallest absolute Gasteiger partial charge is 0.269 e. The summed E-state index contributed by atoms with van der Waals surface area (Å²) < 4.78 is 0. The monoisotopic (exact) mass is 295 g/mol. The van der Waals surface area contributed by atoms with E-state index in [1.165, 1.54) is 12.1 Å². The minimum absolute atomic E-state index is 0.0376. The second-order valence-electron chi connectivity index (χ2n) is 5.50. The first-order valence-corrected chi connectivity index (χ1v) is 7.25. The molecule has 1 aromatic rings. The normalized spacial score (nSPS) is 12.9. The summed E-state index contributed by atoms with van der Waals surface area (Å²) in [7, 11) is 2.09. The van der Waals surface area contributed by atoms with Crippen molar-refractivity contribution in [1.29, 1.82) is 0 Å². The number of rotatable bonds is 9. The van der Waals surface area contributed by atoms with E-state index >= 15 is 0 Å². The molecule has 1 unspecified atom stereocenters. The van der Waals surface area contributed by atoms with E-state index in [4.69, 9.17) is 0 Å². The highest BCUT2D eigenvalue weighted by atomic mass is 16.6. The summed E-state index contributed by atoms with van der Waals surface area (Å²) in [6.07, 6.45) is 0.371. The molecule has 0 heterocycles. The Morgan fingerprint density at radius 1 is 1.33 bits per heavy atom. The first-order valence-electron chi connectivity index (χ1n) is 7.25. The van der Waals surface area contributed by atoms with Crippen molar-refractivity contribution in [3.8, 4) is 0 Å². The summed E-state index contributed by atoms with van der Waals surface area (Å²) >= 11 is 0. The van der Waals surface area contributed by atoms with E-state index < -0.39 is 11.0 Å². The van der Waals surface area contributed by atoms with Gasteiger partial charge in [-0.1, -0.05) is 0 Å². The van der Waals surface area contributed by atoms with E-state index in [0.717, 1.165) is 19.5 Å². The lowest BCUT2D eigenvalue weighted by Crippen LogP contribution is -2.30. The Morgan fingerprint density at radius 3 is 2.48 bits per heavy atom. The number of nitrogens with zero attached hydrogens (tertiary/aromatic N) is 2. The van der Waals surface area contributed by atoms with Gasteiger partial charge in [0.15, 0.2) is 0 Å². The minimum Gasteiger partial charge on any atom is -0.387 e. The fraction of sp³-hybridized carbons (Fsp3) is 0.600. The molecule has 0 aliphatic carbocycles. The van der Waals surface area contributed by atoms with Gasteiger partial charge in [-0.15, -0.1) is 0 Å². The number of non-ortho nitro benzene ring substituents is 1. The van der Waals surface area contributed by atoms with Gasteiger partial charge in [-0.3, -0.25) is 10.1 Å². The summed E-state index contributed by atoms with van der Waals surface area (Å²) in [5.41, 5.74) is 0.725. The van der Waals surface area contributed by atoms with Gasteiger partial charge in [0, 0.05) is 24.7 Å². The van der Waals surface area contributed by atoms with Gasteiger partial charge in [-0.2, -0.15) is 0 Å². The average molecular weight is 295 g/mol. The minimum atomic E-state index is -0.645. The highest BCUT2D eigenvalue weighted by Gasteiger charge is 2.10. The molecule has 1 rings (SSSR count). The van der Waals surface area contributed by atoms with E-state index in [1.54, 1.807) is 12.1 Å². The Balaban J connectivity index is 2.27. The quantitative estimate of drug-likeness (QED) is 0.413. The molecule has 6 nitrogen and oxygen atoms in total. The Kier molecular flexibility index (Phi) is 7.28. The third-order valence-electron chi connectivity index (χ3n) is 3.57. The van der Waals surface area contributed by atoms with Gasteiger partial charge >= 0.3 is 0 Å². The van der Waals surface area contributed by atoms with Crippen LogP contribution in [0.5, 0.6) is 0 Å². The maximum absolute atomic E-state index is 10.6. The fourth-order valence-corrected chi connectivity index (χ4v) is 1.89. The lowest BCUT2D eigenvalue weighted by atomic mass is 10.1. The molecule has 2 N–H and O–H groups in total.